The van der Waals surface area contributed by atoms with Crippen molar-refractivity contribution in [1.82, 2.24) is 4.72 Å². The van der Waals surface area contributed by atoms with E-state index in [0.717, 1.165) is 22.3 Å². The number of benzene rings is 4. The molecular weight excluding hydrogens is 482 g/mol. The average Bonchev–Trinajstić information content (AvgIpc) is 2.87. The maximum absolute atomic E-state index is 13.1. The van der Waals surface area contributed by atoms with Crippen molar-refractivity contribution in [3.63, 3.8) is 0 Å². The summed E-state index contributed by atoms with van der Waals surface area (Å²) >= 11 is 0. The lowest BCUT2D eigenvalue weighted by Crippen LogP contribution is -2.40. The lowest BCUT2D eigenvalue weighted by Gasteiger charge is -2.21. The number of rotatable bonds is 6. The number of hydrogen-bond donors (Lipinski definition) is 2. The molecule has 0 aliphatic carbocycles. The topological polar surface area (TPSA) is 113 Å². The van der Waals surface area contributed by atoms with Crippen LogP contribution in [0.4, 0.5) is 0 Å². The van der Waals surface area contributed by atoms with Crippen LogP contribution in [0, 0.1) is 11.3 Å². The van der Waals surface area contributed by atoms with E-state index in [4.69, 9.17) is 11.0 Å². The number of nitrogens with two attached hydrogens (primary N) is 1. The first-order valence-electron chi connectivity index (χ1n) is 11.7. The first kappa shape index (κ1) is 25.8. The molecule has 4 aromatic carbocycles. The number of sulfonamides is 1. The number of nitriles is 1. The molecule has 7 heteroatoms. The van der Waals surface area contributed by atoms with Gasteiger partial charge in [-0.05, 0) is 67.3 Å². The summed E-state index contributed by atoms with van der Waals surface area (Å²) in [6, 6.07) is 28.8. The van der Waals surface area contributed by atoms with Crippen molar-refractivity contribution in [2.24, 2.45) is 5.73 Å². The molecule has 0 saturated heterocycles. The van der Waals surface area contributed by atoms with Crippen LogP contribution in [0.5, 0.6) is 0 Å². The van der Waals surface area contributed by atoms with Crippen molar-refractivity contribution in [1.29, 1.82) is 5.26 Å². The van der Waals surface area contributed by atoms with Gasteiger partial charge in [0, 0.05) is 22.2 Å². The number of carbonyl (C=O) groups is 1. The molecule has 6 nitrogen and oxygen atoms in total. The third-order valence-corrected chi connectivity index (χ3v) is 7.57. The Morgan fingerprint density at radius 1 is 0.784 bits per heavy atom. The summed E-state index contributed by atoms with van der Waals surface area (Å²) in [5.41, 5.74) is 10.4. The second-order valence-electron chi connectivity index (χ2n) is 9.71. The molecule has 0 bridgehead atoms. The minimum atomic E-state index is -3.75. The molecule has 0 aliphatic rings. The molecule has 0 heterocycles. The maximum Gasteiger partial charge on any atom is 0.249 e. The second kappa shape index (κ2) is 10.0. The van der Waals surface area contributed by atoms with Gasteiger partial charge in [-0.15, -0.1) is 0 Å². The monoisotopic (exact) mass is 509 g/mol. The highest BCUT2D eigenvalue weighted by molar-refractivity contribution is 7.89. The van der Waals surface area contributed by atoms with Crippen molar-refractivity contribution in [2.75, 3.05) is 0 Å². The first-order chi connectivity index (χ1) is 17.5. The third kappa shape index (κ3) is 5.61. The molecule has 4 aromatic rings. The van der Waals surface area contributed by atoms with E-state index >= 15 is 0 Å². The molecule has 0 atom stereocenters. The quantitative estimate of drug-likeness (QED) is 0.345. The van der Waals surface area contributed by atoms with Gasteiger partial charge in [-0.2, -0.15) is 5.26 Å². The minimum Gasteiger partial charge on any atom is -0.366 e. The maximum atomic E-state index is 13.1. The summed E-state index contributed by atoms with van der Waals surface area (Å²) in [6.45, 7) is 5.40. The SMILES string of the molecule is CC(C)(C)NS(=O)(=O)c1ccccc1-c1ccc(-c2cccc(C(N)=O)c2-c2ccc(C#N)cc2)cc1. The Labute approximate surface area is 217 Å². The van der Waals surface area contributed by atoms with Gasteiger partial charge in [-0.3, -0.25) is 4.79 Å². The van der Waals surface area contributed by atoms with E-state index in [-0.39, 0.29) is 4.90 Å². The van der Waals surface area contributed by atoms with Crippen molar-refractivity contribution < 1.29 is 13.2 Å². The van der Waals surface area contributed by atoms with Crippen LogP contribution >= 0.6 is 0 Å². The van der Waals surface area contributed by atoms with Gasteiger partial charge in [0.15, 0.2) is 0 Å². The highest BCUT2D eigenvalue weighted by Crippen LogP contribution is 2.37. The molecule has 3 N–H and O–H groups in total. The third-order valence-electron chi connectivity index (χ3n) is 5.76. The second-order valence-corrected chi connectivity index (χ2v) is 11.4. The van der Waals surface area contributed by atoms with E-state index in [0.29, 0.717) is 22.3 Å². The number of carbonyl (C=O) groups excluding carboxylic acids is 1. The number of nitrogens with one attached hydrogen (secondary N) is 1. The number of amides is 1. The molecule has 0 aliphatic heterocycles. The van der Waals surface area contributed by atoms with E-state index in [1.807, 2.05) is 30.3 Å². The molecule has 0 aromatic heterocycles. The molecule has 4 rings (SSSR count). The molecule has 0 radical (unpaired) electrons. The zero-order valence-corrected chi connectivity index (χ0v) is 21.6. The summed E-state index contributed by atoms with van der Waals surface area (Å²) in [5.74, 6) is -0.552. The molecular formula is C30H27N3O3S. The van der Waals surface area contributed by atoms with Crippen molar-refractivity contribution >= 4 is 15.9 Å². The fraction of sp³-hybridized carbons (Fsp3) is 0.133. The Kier molecular flexibility index (Phi) is 6.99. The molecule has 186 valence electrons. The van der Waals surface area contributed by atoms with Gasteiger partial charge < -0.3 is 5.73 Å². The Bertz CT molecular complexity index is 1610. The predicted octanol–water partition coefficient (Wildman–Crippen LogP) is 5.73. The van der Waals surface area contributed by atoms with Crippen LogP contribution in [0.1, 0.15) is 36.7 Å². The van der Waals surface area contributed by atoms with Gasteiger partial charge in [-0.25, -0.2) is 13.1 Å². The Hall–Kier alpha value is -4.25. The molecule has 0 unspecified atom stereocenters. The fourth-order valence-corrected chi connectivity index (χ4v) is 5.90. The fourth-order valence-electron chi connectivity index (χ4n) is 4.25. The van der Waals surface area contributed by atoms with Crippen molar-refractivity contribution in [3.8, 4) is 39.4 Å². The Balaban J connectivity index is 1.81. The standard InChI is InChI=1S/C30H27N3O3S/c1-30(2,3)33-37(35,36)27-10-5-4-7-24(27)21-15-17-22(18-16-21)25-8-6-9-26(29(32)34)28(25)23-13-11-20(19-31)12-14-23/h4-18,33H,1-3H3,(H2,32,34). The number of primary amides is 1. The van der Waals surface area contributed by atoms with Gasteiger partial charge in [-0.1, -0.05) is 66.7 Å². The van der Waals surface area contributed by atoms with Gasteiger partial charge in [0.25, 0.3) is 0 Å². The highest BCUT2D eigenvalue weighted by atomic mass is 32.2. The minimum absolute atomic E-state index is 0.201. The largest absolute Gasteiger partial charge is 0.366 e. The summed E-state index contributed by atoms with van der Waals surface area (Å²) in [7, 11) is -3.75. The summed E-state index contributed by atoms with van der Waals surface area (Å²) in [5, 5.41) is 9.15. The van der Waals surface area contributed by atoms with Crippen LogP contribution in [0.3, 0.4) is 0 Å². The highest BCUT2D eigenvalue weighted by Gasteiger charge is 2.25. The smallest absolute Gasteiger partial charge is 0.249 e. The van der Waals surface area contributed by atoms with E-state index in [1.165, 1.54) is 0 Å². The zero-order chi connectivity index (χ0) is 26.8. The van der Waals surface area contributed by atoms with Crippen LogP contribution in [0.25, 0.3) is 33.4 Å². The van der Waals surface area contributed by atoms with E-state index < -0.39 is 21.5 Å². The van der Waals surface area contributed by atoms with Crippen molar-refractivity contribution in [2.45, 2.75) is 31.2 Å². The normalized spacial score (nSPS) is 11.6. The average molecular weight is 510 g/mol. The molecule has 37 heavy (non-hydrogen) atoms. The van der Waals surface area contributed by atoms with Crippen LogP contribution in [0.2, 0.25) is 0 Å². The molecule has 0 spiro atoms. The van der Waals surface area contributed by atoms with Gasteiger partial charge in [0.2, 0.25) is 15.9 Å². The predicted molar refractivity (Wildman–Crippen MR) is 146 cm³/mol. The summed E-state index contributed by atoms with van der Waals surface area (Å²) < 4.78 is 28.9. The lowest BCUT2D eigenvalue weighted by molar-refractivity contribution is 0.100. The first-order valence-corrected chi connectivity index (χ1v) is 13.2. The Morgan fingerprint density at radius 2 is 1.32 bits per heavy atom. The molecule has 1 amide bonds. The van der Waals surface area contributed by atoms with E-state index in [1.54, 1.807) is 81.4 Å². The number of hydrogen-bond acceptors (Lipinski definition) is 4. The molecule has 0 saturated carbocycles. The summed E-state index contributed by atoms with van der Waals surface area (Å²) in [4.78, 5) is 12.5. The molecule has 0 fully saturated rings. The van der Waals surface area contributed by atoms with Crippen molar-refractivity contribution in [3.05, 3.63) is 102 Å². The Morgan fingerprint density at radius 3 is 1.89 bits per heavy atom. The van der Waals surface area contributed by atoms with Gasteiger partial charge >= 0.3 is 0 Å². The van der Waals surface area contributed by atoms with Crippen LogP contribution in [-0.4, -0.2) is 19.9 Å². The van der Waals surface area contributed by atoms with Crippen LogP contribution in [0.15, 0.2) is 95.9 Å². The van der Waals surface area contributed by atoms with E-state index in [9.17, 15) is 13.2 Å². The zero-order valence-electron chi connectivity index (χ0n) is 20.8. The number of nitrogens with zero attached hydrogens (tertiary/aromatic N) is 1. The summed E-state index contributed by atoms with van der Waals surface area (Å²) in [6.07, 6.45) is 0. The van der Waals surface area contributed by atoms with E-state index in [2.05, 4.69) is 10.8 Å². The van der Waals surface area contributed by atoms with Gasteiger partial charge in [0.1, 0.15) is 0 Å². The van der Waals surface area contributed by atoms with Gasteiger partial charge in [0.05, 0.1) is 16.5 Å². The van der Waals surface area contributed by atoms with Crippen LogP contribution < -0.4 is 10.5 Å². The lowest BCUT2D eigenvalue weighted by atomic mass is 9.89. The van der Waals surface area contributed by atoms with Crippen LogP contribution in [-0.2, 0) is 10.0 Å².